The predicted octanol–water partition coefficient (Wildman–Crippen LogP) is 1.92. The van der Waals surface area contributed by atoms with Crippen LogP contribution in [0.3, 0.4) is 0 Å². The van der Waals surface area contributed by atoms with Crippen molar-refractivity contribution in [3.05, 3.63) is 35.2 Å². The maximum atomic E-state index is 10.9. The van der Waals surface area contributed by atoms with Crippen molar-refractivity contribution in [2.45, 2.75) is 13.8 Å². The second-order valence-corrected chi connectivity index (χ2v) is 3.99. The van der Waals surface area contributed by atoms with Crippen LogP contribution in [-0.2, 0) is 7.05 Å². The summed E-state index contributed by atoms with van der Waals surface area (Å²) in [6, 6.07) is 4.63. The number of ether oxygens (including phenoxy) is 1. The molecule has 2 aromatic heterocycles. The predicted molar refractivity (Wildman–Crippen MR) is 64.0 cm³/mol. The summed E-state index contributed by atoms with van der Waals surface area (Å²) in [5.74, 6) is -0.246. The van der Waals surface area contributed by atoms with Crippen molar-refractivity contribution < 1.29 is 14.6 Å². The number of carboxylic acid groups (broad SMARTS) is 1. The molecule has 6 nitrogen and oxygen atoms in total. The number of aromatic carboxylic acids is 1. The summed E-state index contributed by atoms with van der Waals surface area (Å²) >= 11 is 0. The van der Waals surface area contributed by atoms with Gasteiger partial charge in [-0.05, 0) is 19.9 Å². The van der Waals surface area contributed by atoms with E-state index in [1.165, 1.54) is 12.1 Å². The molecule has 1 N–H and O–H groups in total. The molecular formula is C12H13N3O3. The molecule has 0 atom stereocenters. The molecule has 0 saturated heterocycles. The van der Waals surface area contributed by atoms with E-state index in [4.69, 9.17) is 9.84 Å². The minimum Gasteiger partial charge on any atom is -0.478 e. The summed E-state index contributed by atoms with van der Waals surface area (Å²) in [7, 11) is 1.75. The van der Waals surface area contributed by atoms with Crippen LogP contribution in [0.1, 0.15) is 21.7 Å². The van der Waals surface area contributed by atoms with Crippen molar-refractivity contribution in [2.24, 2.45) is 7.05 Å². The molecule has 2 heterocycles. The Morgan fingerprint density at radius 2 is 2.00 bits per heavy atom. The average Bonchev–Trinajstić information content (AvgIpc) is 2.56. The van der Waals surface area contributed by atoms with Crippen LogP contribution in [0.15, 0.2) is 18.2 Å². The summed E-state index contributed by atoms with van der Waals surface area (Å²) in [5, 5.41) is 13.1. The zero-order valence-corrected chi connectivity index (χ0v) is 10.3. The molecule has 0 bridgehead atoms. The van der Waals surface area contributed by atoms with Crippen molar-refractivity contribution in [3.8, 4) is 11.8 Å². The minimum atomic E-state index is -1.01. The van der Waals surface area contributed by atoms with Crippen molar-refractivity contribution in [1.82, 2.24) is 14.8 Å². The Morgan fingerprint density at radius 3 is 2.56 bits per heavy atom. The first-order chi connectivity index (χ1) is 8.45. The number of hydrogen-bond donors (Lipinski definition) is 1. The van der Waals surface area contributed by atoms with Crippen LogP contribution in [-0.4, -0.2) is 25.8 Å². The first-order valence-corrected chi connectivity index (χ1v) is 5.36. The topological polar surface area (TPSA) is 77.2 Å². The molecular weight excluding hydrogens is 234 g/mol. The van der Waals surface area contributed by atoms with Crippen LogP contribution in [0.5, 0.6) is 11.8 Å². The Bertz CT molecular complexity index is 605. The molecule has 6 heteroatoms. The first kappa shape index (κ1) is 12.1. The van der Waals surface area contributed by atoms with Crippen LogP contribution in [0, 0.1) is 13.8 Å². The summed E-state index contributed by atoms with van der Waals surface area (Å²) in [5.41, 5.74) is 1.55. The van der Waals surface area contributed by atoms with Gasteiger partial charge in [-0.15, -0.1) is 0 Å². The zero-order chi connectivity index (χ0) is 13.3. The molecule has 0 fully saturated rings. The van der Waals surface area contributed by atoms with E-state index in [0.29, 0.717) is 11.6 Å². The fourth-order valence-electron chi connectivity index (χ4n) is 1.60. The SMILES string of the molecule is Cc1cc(C(=O)O)cc(Oc2cc(C)nn2C)n1. The van der Waals surface area contributed by atoms with Gasteiger partial charge in [0.2, 0.25) is 11.8 Å². The third-order valence-corrected chi connectivity index (χ3v) is 2.35. The third-order valence-electron chi connectivity index (χ3n) is 2.35. The van der Waals surface area contributed by atoms with Gasteiger partial charge in [-0.25, -0.2) is 14.5 Å². The average molecular weight is 247 g/mol. The summed E-state index contributed by atoms with van der Waals surface area (Å²) in [6.45, 7) is 3.56. The van der Waals surface area contributed by atoms with Gasteiger partial charge in [0.05, 0.1) is 11.3 Å². The summed E-state index contributed by atoms with van der Waals surface area (Å²) in [6.07, 6.45) is 0. The van der Waals surface area contributed by atoms with Crippen molar-refractivity contribution >= 4 is 5.97 Å². The van der Waals surface area contributed by atoms with Crippen molar-refractivity contribution in [2.75, 3.05) is 0 Å². The molecule has 0 aliphatic carbocycles. The zero-order valence-electron chi connectivity index (χ0n) is 10.3. The van der Waals surface area contributed by atoms with Gasteiger partial charge >= 0.3 is 5.97 Å². The van der Waals surface area contributed by atoms with E-state index < -0.39 is 5.97 Å². The van der Waals surface area contributed by atoms with Gasteiger partial charge in [-0.3, -0.25) is 0 Å². The molecule has 0 spiro atoms. The van der Waals surface area contributed by atoms with Gasteiger partial charge in [0.25, 0.3) is 0 Å². The standard InChI is InChI=1S/C12H13N3O3/c1-7-4-9(12(16)17)6-10(13-7)18-11-5-8(2)14-15(11)3/h4-6H,1-3H3,(H,16,17). The number of aromatic nitrogens is 3. The van der Waals surface area contributed by atoms with Crippen LogP contribution in [0.25, 0.3) is 0 Å². The van der Waals surface area contributed by atoms with E-state index in [1.54, 1.807) is 24.7 Å². The molecule has 0 aliphatic rings. The Morgan fingerprint density at radius 1 is 1.28 bits per heavy atom. The van der Waals surface area contributed by atoms with E-state index in [2.05, 4.69) is 10.1 Å². The molecule has 0 aromatic carbocycles. The van der Waals surface area contributed by atoms with Gasteiger partial charge in [-0.2, -0.15) is 5.10 Å². The van der Waals surface area contributed by atoms with Crippen molar-refractivity contribution in [1.29, 1.82) is 0 Å². The van der Waals surface area contributed by atoms with Crippen molar-refractivity contribution in [3.63, 3.8) is 0 Å². The largest absolute Gasteiger partial charge is 0.478 e. The first-order valence-electron chi connectivity index (χ1n) is 5.36. The van der Waals surface area contributed by atoms with Crippen LogP contribution < -0.4 is 4.74 Å². The third kappa shape index (κ3) is 2.48. The normalized spacial score (nSPS) is 10.4. The quantitative estimate of drug-likeness (QED) is 0.896. The number of rotatable bonds is 3. The lowest BCUT2D eigenvalue weighted by Crippen LogP contribution is -2.01. The van der Waals surface area contributed by atoms with Gasteiger partial charge < -0.3 is 9.84 Å². The number of nitrogens with zero attached hydrogens (tertiary/aromatic N) is 3. The summed E-state index contributed by atoms with van der Waals surface area (Å²) < 4.78 is 7.10. The number of hydrogen-bond acceptors (Lipinski definition) is 4. The smallest absolute Gasteiger partial charge is 0.335 e. The Balaban J connectivity index is 2.34. The van der Waals surface area contributed by atoms with E-state index in [1.807, 2.05) is 6.92 Å². The fourth-order valence-corrected chi connectivity index (χ4v) is 1.60. The lowest BCUT2D eigenvalue weighted by atomic mass is 10.2. The highest BCUT2D eigenvalue weighted by atomic mass is 16.5. The van der Waals surface area contributed by atoms with E-state index in [9.17, 15) is 4.79 Å². The highest BCUT2D eigenvalue weighted by Crippen LogP contribution is 2.21. The second kappa shape index (κ2) is 4.48. The molecule has 0 radical (unpaired) electrons. The van der Waals surface area contributed by atoms with Gasteiger partial charge in [0.15, 0.2) is 0 Å². The van der Waals surface area contributed by atoms with Crippen LogP contribution in [0.4, 0.5) is 0 Å². The van der Waals surface area contributed by atoms with E-state index >= 15 is 0 Å². The number of carbonyl (C=O) groups is 1. The highest BCUT2D eigenvalue weighted by molar-refractivity contribution is 5.88. The molecule has 94 valence electrons. The van der Waals surface area contributed by atoms with Crippen LogP contribution >= 0.6 is 0 Å². The number of pyridine rings is 1. The molecule has 2 rings (SSSR count). The summed E-state index contributed by atoms with van der Waals surface area (Å²) in [4.78, 5) is 15.1. The highest BCUT2D eigenvalue weighted by Gasteiger charge is 2.10. The van der Waals surface area contributed by atoms with Gasteiger partial charge in [0.1, 0.15) is 0 Å². The maximum Gasteiger partial charge on any atom is 0.335 e. The molecule has 0 amide bonds. The second-order valence-electron chi connectivity index (χ2n) is 3.99. The number of aryl methyl sites for hydroxylation is 3. The van der Waals surface area contributed by atoms with Gasteiger partial charge in [0, 0.05) is 24.9 Å². The molecule has 0 aliphatic heterocycles. The molecule has 0 saturated carbocycles. The Labute approximate surface area is 104 Å². The molecule has 18 heavy (non-hydrogen) atoms. The number of carboxylic acids is 1. The Kier molecular flexibility index (Phi) is 3.01. The maximum absolute atomic E-state index is 10.9. The lowest BCUT2D eigenvalue weighted by Gasteiger charge is -2.06. The fraction of sp³-hybridized carbons (Fsp3) is 0.250. The van der Waals surface area contributed by atoms with E-state index in [0.717, 1.165) is 5.69 Å². The lowest BCUT2D eigenvalue weighted by molar-refractivity contribution is 0.0696. The minimum absolute atomic E-state index is 0.149. The van der Waals surface area contributed by atoms with Crippen LogP contribution in [0.2, 0.25) is 0 Å². The Hall–Kier alpha value is -2.37. The van der Waals surface area contributed by atoms with Gasteiger partial charge in [-0.1, -0.05) is 0 Å². The molecule has 2 aromatic rings. The monoisotopic (exact) mass is 247 g/mol. The van der Waals surface area contributed by atoms with E-state index in [-0.39, 0.29) is 11.4 Å². The molecule has 0 unspecified atom stereocenters.